The number of fused-ring (bicyclic) bond motifs is 1. The Bertz CT molecular complexity index is 254. The van der Waals surface area contributed by atoms with E-state index in [4.69, 9.17) is 0 Å². The highest BCUT2D eigenvalue weighted by atomic mass is 16.1. The van der Waals surface area contributed by atoms with Crippen LogP contribution in [-0.2, 0) is 4.79 Å². The third kappa shape index (κ3) is 1.34. The maximum atomic E-state index is 11.3. The van der Waals surface area contributed by atoms with Crippen molar-refractivity contribution in [1.82, 2.24) is 0 Å². The molecule has 1 saturated carbocycles. The molecule has 2 aliphatic rings. The lowest BCUT2D eigenvalue weighted by atomic mass is 9.58. The molecule has 0 radical (unpaired) electrons. The van der Waals surface area contributed by atoms with Crippen LogP contribution < -0.4 is 0 Å². The van der Waals surface area contributed by atoms with Gasteiger partial charge in [-0.1, -0.05) is 26.3 Å². The first-order chi connectivity index (χ1) is 6.13. The van der Waals surface area contributed by atoms with Gasteiger partial charge in [-0.05, 0) is 36.2 Å². The average molecular weight is 178 g/mol. The van der Waals surface area contributed by atoms with Crippen LogP contribution in [0.4, 0.5) is 0 Å². The quantitative estimate of drug-likeness (QED) is 0.557. The zero-order valence-corrected chi connectivity index (χ0v) is 8.55. The second kappa shape index (κ2) is 2.97. The SMILES string of the molecule is C[C@@H]1CCC[C@H]2CC(=O)C=C[C@]21C. The first-order valence-electron chi connectivity index (χ1n) is 5.35. The highest BCUT2D eigenvalue weighted by Crippen LogP contribution is 2.49. The maximum absolute atomic E-state index is 11.3. The van der Waals surface area contributed by atoms with Crippen molar-refractivity contribution in [2.75, 3.05) is 0 Å². The Balaban J connectivity index is 2.30. The van der Waals surface area contributed by atoms with Gasteiger partial charge in [-0.2, -0.15) is 0 Å². The van der Waals surface area contributed by atoms with Gasteiger partial charge in [-0.3, -0.25) is 4.79 Å². The van der Waals surface area contributed by atoms with E-state index in [1.807, 2.05) is 0 Å². The Kier molecular flexibility index (Phi) is 2.05. The van der Waals surface area contributed by atoms with Gasteiger partial charge in [0.25, 0.3) is 0 Å². The van der Waals surface area contributed by atoms with Crippen LogP contribution in [0, 0.1) is 17.3 Å². The molecule has 0 aromatic carbocycles. The molecule has 0 aliphatic heterocycles. The average Bonchev–Trinajstić information content (AvgIpc) is 2.09. The summed E-state index contributed by atoms with van der Waals surface area (Å²) in [5.74, 6) is 1.70. The van der Waals surface area contributed by atoms with Crippen molar-refractivity contribution in [2.45, 2.75) is 39.5 Å². The minimum absolute atomic E-state index is 0.312. The molecular formula is C12H18O. The second-order valence-corrected chi connectivity index (χ2v) is 4.90. The van der Waals surface area contributed by atoms with Gasteiger partial charge >= 0.3 is 0 Å². The first-order valence-corrected chi connectivity index (χ1v) is 5.35. The van der Waals surface area contributed by atoms with Crippen LogP contribution in [0.15, 0.2) is 12.2 Å². The Morgan fingerprint density at radius 3 is 3.00 bits per heavy atom. The molecule has 0 N–H and O–H groups in total. The van der Waals surface area contributed by atoms with E-state index in [-0.39, 0.29) is 0 Å². The molecule has 13 heavy (non-hydrogen) atoms. The van der Waals surface area contributed by atoms with E-state index < -0.39 is 0 Å². The minimum Gasteiger partial charge on any atom is -0.295 e. The number of allylic oxidation sites excluding steroid dienone is 2. The number of carbonyl (C=O) groups excluding carboxylic acids is 1. The van der Waals surface area contributed by atoms with Crippen LogP contribution in [0.3, 0.4) is 0 Å². The van der Waals surface area contributed by atoms with Gasteiger partial charge < -0.3 is 0 Å². The fraction of sp³-hybridized carbons (Fsp3) is 0.750. The van der Waals surface area contributed by atoms with E-state index in [1.54, 1.807) is 6.08 Å². The third-order valence-electron chi connectivity index (χ3n) is 4.21. The van der Waals surface area contributed by atoms with Crippen LogP contribution in [0.25, 0.3) is 0 Å². The zero-order valence-electron chi connectivity index (χ0n) is 8.55. The van der Waals surface area contributed by atoms with Gasteiger partial charge in [-0.15, -0.1) is 0 Å². The van der Waals surface area contributed by atoms with Crippen molar-refractivity contribution in [1.29, 1.82) is 0 Å². The lowest BCUT2D eigenvalue weighted by molar-refractivity contribution is -0.118. The van der Waals surface area contributed by atoms with Crippen LogP contribution in [0.2, 0.25) is 0 Å². The van der Waals surface area contributed by atoms with Gasteiger partial charge in [0, 0.05) is 6.42 Å². The largest absolute Gasteiger partial charge is 0.295 e. The summed E-state index contributed by atoms with van der Waals surface area (Å²) in [5, 5.41) is 0. The summed E-state index contributed by atoms with van der Waals surface area (Å²) < 4.78 is 0. The maximum Gasteiger partial charge on any atom is 0.155 e. The van der Waals surface area contributed by atoms with Crippen LogP contribution in [0.1, 0.15) is 39.5 Å². The van der Waals surface area contributed by atoms with Crippen molar-refractivity contribution in [3.8, 4) is 0 Å². The number of rotatable bonds is 0. The van der Waals surface area contributed by atoms with Gasteiger partial charge in [-0.25, -0.2) is 0 Å². The summed E-state index contributed by atoms with van der Waals surface area (Å²) in [5.41, 5.74) is 0.312. The fourth-order valence-electron chi connectivity index (χ4n) is 2.90. The predicted molar refractivity (Wildman–Crippen MR) is 53.4 cm³/mol. The first kappa shape index (κ1) is 8.98. The molecule has 0 aromatic heterocycles. The smallest absolute Gasteiger partial charge is 0.155 e. The molecule has 1 fully saturated rings. The van der Waals surface area contributed by atoms with Crippen LogP contribution >= 0.6 is 0 Å². The lowest BCUT2D eigenvalue weighted by Crippen LogP contribution is -2.39. The third-order valence-corrected chi connectivity index (χ3v) is 4.21. The Labute approximate surface area is 80.2 Å². The summed E-state index contributed by atoms with van der Waals surface area (Å²) in [6.45, 7) is 4.65. The van der Waals surface area contributed by atoms with Gasteiger partial charge in [0.15, 0.2) is 5.78 Å². The van der Waals surface area contributed by atoms with E-state index in [2.05, 4.69) is 19.9 Å². The predicted octanol–water partition coefficient (Wildman–Crippen LogP) is 2.96. The molecule has 0 amide bonds. The molecule has 2 rings (SSSR count). The number of carbonyl (C=O) groups is 1. The highest BCUT2D eigenvalue weighted by molar-refractivity contribution is 5.91. The molecule has 2 aliphatic carbocycles. The van der Waals surface area contributed by atoms with E-state index in [0.29, 0.717) is 17.1 Å². The van der Waals surface area contributed by atoms with E-state index in [9.17, 15) is 4.79 Å². The van der Waals surface area contributed by atoms with Crippen LogP contribution in [0.5, 0.6) is 0 Å². The van der Waals surface area contributed by atoms with Crippen molar-refractivity contribution in [3.05, 3.63) is 12.2 Å². The molecular weight excluding hydrogens is 160 g/mol. The van der Waals surface area contributed by atoms with Crippen LogP contribution in [-0.4, -0.2) is 5.78 Å². The Morgan fingerprint density at radius 1 is 1.46 bits per heavy atom. The second-order valence-electron chi connectivity index (χ2n) is 4.90. The molecule has 0 spiro atoms. The van der Waals surface area contributed by atoms with Crippen molar-refractivity contribution < 1.29 is 4.79 Å². The Hall–Kier alpha value is -0.590. The van der Waals surface area contributed by atoms with Crippen molar-refractivity contribution in [3.63, 3.8) is 0 Å². The molecule has 1 heteroatoms. The topological polar surface area (TPSA) is 17.1 Å². The summed E-state index contributed by atoms with van der Waals surface area (Å²) in [6.07, 6.45) is 8.65. The lowest BCUT2D eigenvalue weighted by Gasteiger charge is -2.46. The molecule has 0 unspecified atom stereocenters. The number of hydrogen-bond acceptors (Lipinski definition) is 1. The van der Waals surface area contributed by atoms with Crippen molar-refractivity contribution >= 4 is 5.78 Å². The van der Waals surface area contributed by atoms with Crippen molar-refractivity contribution in [2.24, 2.45) is 17.3 Å². The summed E-state index contributed by atoms with van der Waals surface area (Å²) in [6, 6.07) is 0. The summed E-state index contributed by atoms with van der Waals surface area (Å²) in [4.78, 5) is 11.3. The van der Waals surface area contributed by atoms with Gasteiger partial charge in [0.2, 0.25) is 0 Å². The number of ketones is 1. The van der Waals surface area contributed by atoms with Gasteiger partial charge in [0.05, 0.1) is 0 Å². The molecule has 1 nitrogen and oxygen atoms in total. The Morgan fingerprint density at radius 2 is 2.23 bits per heavy atom. The molecule has 3 atom stereocenters. The normalized spacial score (nSPS) is 44.6. The van der Waals surface area contributed by atoms with Gasteiger partial charge in [0.1, 0.15) is 0 Å². The molecule has 0 bridgehead atoms. The molecule has 72 valence electrons. The summed E-state index contributed by atoms with van der Waals surface area (Å²) in [7, 11) is 0. The van der Waals surface area contributed by atoms with E-state index in [0.717, 1.165) is 12.3 Å². The highest BCUT2D eigenvalue weighted by Gasteiger charge is 2.42. The minimum atomic E-state index is 0.312. The molecule has 0 saturated heterocycles. The molecule has 0 aromatic rings. The monoisotopic (exact) mass is 178 g/mol. The summed E-state index contributed by atoms with van der Waals surface area (Å²) >= 11 is 0. The van der Waals surface area contributed by atoms with E-state index in [1.165, 1.54) is 19.3 Å². The number of hydrogen-bond donors (Lipinski definition) is 0. The fourth-order valence-corrected chi connectivity index (χ4v) is 2.90. The zero-order chi connectivity index (χ0) is 9.47. The molecule has 0 heterocycles. The van der Waals surface area contributed by atoms with E-state index >= 15 is 0 Å². The standard InChI is InChI=1S/C12H18O/c1-9-4-3-5-10-8-11(13)6-7-12(9,10)2/h6-7,9-10H,3-5,8H2,1-2H3/t9-,10+,12+/m1/s1.